The standard InChI is InChI=1S/C64H52N2O3/c1-39-19-3-12-34-52(39)65(54-36-17-32-49-47-30-15-28-43(41-21-5-6-22-41)60(47)68-62(49)54)58-45-25-9-10-26-46(45)59(64-57(58)51-27-11-14-38-56(51)67-64)66(53-35-13-4-20-40(53)2)55-37-18-33-50-48-31-16-29-44(42-23-7-8-24-42)61(48)69-63(50)55/h3-4,9-20,25-38,41-42H,5-8,21-24H2,1-2H3. The van der Waals surface area contributed by atoms with Crippen molar-refractivity contribution in [3.8, 4) is 0 Å². The van der Waals surface area contributed by atoms with E-state index >= 15 is 0 Å². The minimum Gasteiger partial charge on any atom is -0.454 e. The molecule has 2 aliphatic carbocycles. The minimum atomic E-state index is 0.507. The van der Waals surface area contributed by atoms with Crippen LogP contribution in [-0.2, 0) is 0 Å². The summed E-state index contributed by atoms with van der Waals surface area (Å²) in [5, 5.41) is 8.79. The van der Waals surface area contributed by atoms with Crippen LogP contribution in [0.5, 0.6) is 0 Å². The number of fused-ring (bicyclic) bond motifs is 10. The lowest BCUT2D eigenvalue weighted by Crippen LogP contribution is -2.15. The first-order valence-electron chi connectivity index (χ1n) is 25.1. The fraction of sp³-hybridized carbons (Fsp3) is 0.188. The average molecular weight is 897 g/mol. The predicted molar refractivity (Wildman–Crippen MR) is 287 cm³/mol. The fourth-order valence-corrected chi connectivity index (χ4v) is 12.5. The third-order valence-electron chi connectivity index (χ3n) is 15.8. The van der Waals surface area contributed by atoms with E-state index in [1.165, 1.54) is 73.3 Å². The molecule has 3 heterocycles. The van der Waals surface area contributed by atoms with E-state index in [4.69, 9.17) is 13.3 Å². The number of benzene rings is 9. The van der Waals surface area contributed by atoms with Gasteiger partial charge in [-0.1, -0.05) is 165 Å². The first kappa shape index (κ1) is 40.3. The summed E-state index contributed by atoms with van der Waals surface area (Å²) in [5.74, 6) is 1.02. The monoisotopic (exact) mass is 896 g/mol. The van der Waals surface area contributed by atoms with Crippen LogP contribution in [0.1, 0.15) is 85.5 Å². The first-order chi connectivity index (χ1) is 34.1. The molecule has 0 atom stereocenters. The van der Waals surface area contributed by atoms with Crippen molar-refractivity contribution in [2.45, 2.75) is 77.0 Å². The molecule has 0 N–H and O–H groups in total. The fourth-order valence-electron chi connectivity index (χ4n) is 12.5. The molecule has 2 aliphatic rings. The number of hydrogen-bond acceptors (Lipinski definition) is 5. The van der Waals surface area contributed by atoms with Crippen LogP contribution in [0.2, 0.25) is 0 Å². The van der Waals surface area contributed by atoms with Crippen molar-refractivity contribution in [3.05, 3.63) is 192 Å². The van der Waals surface area contributed by atoms with Gasteiger partial charge >= 0.3 is 0 Å². The van der Waals surface area contributed by atoms with Crippen molar-refractivity contribution >= 4 is 111 Å². The topological polar surface area (TPSA) is 45.9 Å². The molecule has 2 fully saturated rings. The van der Waals surface area contributed by atoms with Crippen LogP contribution in [0.3, 0.4) is 0 Å². The summed E-state index contributed by atoms with van der Waals surface area (Å²) in [4.78, 5) is 4.89. The Balaban J connectivity index is 1.11. The predicted octanol–water partition coefficient (Wildman–Crippen LogP) is 19.4. The Bertz CT molecular complexity index is 3990. The molecule has 0 saturated heterocycles. The van der Waals surface area contributed by atoms with Gasteiger partial charge in [0.2, 0.25) is 0 Å². The van der Waals surface area contributed by atoms with Crippen molar-refractivity contribution < 1.29 is 13.3 Å². The molecule has 3 aromatic heterocycles. The summed E-state index contributed by atoms with van der Waals surface area (Å²) >= 11 is 0. The molecule has 0 radical (unpaired) electrons. The van der Waals surface area contributed by atoms with Crippen molar-refractivity contribution in [2.24, 2.45) is 0 Å². The van der Waals surface area contributed by atoms with Crippen molar-refractivity contribution in [1.82, 2.24) is 0 Å². The number of nitrogens with zero attached hydrogens (tertiary/aromatic N) is 2. The molecule has 0 aliphatic heterocycles. The van der Waals surface area contributed by atoms with Gasteiger partial charge in [-0.2, -0.15) is 0 Å². The average Bonchev–Trinajstić information content (AvgIpc) is 4.26. The van der Waals surface area contributed by atoms with Gasteiger partial charge in [0.15, 0.2) is 16.7 Å². The number of para-hydroxylation sites is 7. The SMILES string of the molecule is Cc1ccccc1N(c1cccc2c1oc1c(C3CCCC3)cccc12)c1c2ccccc2c(N(c2ccccc2C)c2cccc3c2oc2c(C4CCCC4)cccc23)c2c1oc1ccccc12. The maximum Gasteiger partial charge on any atom is 0.162 e. The highest BCUT2D eigenvalue weighted by Gasteiger charge is 2.33. The zero-order chi connectivity index (χ0) is 45.7. The van der Waals surface area contributed by atoms with Gasteiger partial charge < -0.3 is 23.1 Å². The van der Waals surface area contributed by atoms with Crippen molar-refractivity contribution in [1.29, 1.82) is 0 Å². The molecule has 5 heteroatoms. The summed E-state index contributed by atoms with van der Waals surface area (Å²) in [6, 6.07) is 61.8. The maximum absolute atomic E-state index is 7.39. The molecule has 0 unspecified atom stereocenters. The highest BCUT2D eigenvalue weighted by atomic mass is 16.3. The number of anilines is 6. The number of hydrogen-bond donors (Lipinski definition) is 0. The zero-order valence-corrected chi connectivity index (χ0v) is 39.1. The van der Waals surface area contributed by atoms with Crippen molar-refractivity contribution in [2.75, 3.05) is 9.80 Å². The lowest BCUT2D eigenvalue weighted by Gasteiger charge is -2.32. The molecule has 336 valence electrons. The van der Waals surface area contributed by atoms with Gasteiger partial charge in [0, 0.05) is 49.1 Å². The molecule has 69 heavy (non-hydrogen) atoms. The number of aryl methyl sites for hydroxylation is 2. The van der Waals surface area contributed by atoms with Crippen LogP contribution in [0.15, 0.2) is 183 Å². The molecule has 14 rings (SSSR count). The van der Waals surface area contributed by atoms with Gasteiger partial charge in [-0.25, -0.2) is 0 Å². The summed E-state index contributed by atoms with van der Waals surface area (Å²) in [5.41, 5.74) is 16.4. The van der Waals surface area contributed by atoms with Crippen LogP contribution >= 0.6 is 0 Å². The van der Waals surface area contributed by atoms with E-state index in [1.54, 1.807) is 0 Å². The van der Waals surface area contributed by atoms with E-state index in [9.17, 15) is 0 Å². The van der Waals surface area contributed by atoms with Gasteiger partial charge in [0.05, 0.1) is 28.1 Å². The van der Waals surface area contributed by atoms with Gasteiger partial charge in [-0.3, -0.25) is 0 Å². The van der Waals surface area contributed by atoms with Crippen LogP contribution in [0.25, 0.3) is 76.6 Å². The number of rotatable bonds is 8. The summed E-state index contributed by atoms with van der Waals surface area (Å²) in [6.07, 6.45) is 9.87. The van der Waals surface area contributed by atoms with Crippen LogP contribution in [0, 0.1) is 13.8 Å². The Kier molecular flexibility index (Phi) is 9.30. The molecule has 0 spiro atoms. The Hall–Kier alpha value is -7.76. The number of furan rings is 3. The van der Waals surface area contributed by atoms with E-state index in [0.29, 0.717) is 11.8 Å². The Morgan fingerprint density at radius 3 is 1.25 bits per heavy atom. The summed E-state index contributed by atoms with van der Waals surface area (Å²) < 4.78 is 22.0. The van der Waals surface area contributed by atoms with E-state index < -0.39 is 0 Å². The highest BCUT2D eigenvalue weighted by Crippen LogP contribution is 2.57. The quantitative estimate of drug-likeness (QED) is 0.142. The Labute approximate surface area is 401 Å². The molecular weight excluding hydrogens is 845 g/mol. The van der Waals surface area contributed by atoms with Gasteiger partial charge in [0.25, 0.3) is 0 Å². The molecule has 5 nitrogen and oxygen atoms in total. The van der Waals surface area contributed by atoms with E-state index in [1.807, 2.05) is 0 Å². The molecule has 12 aromatic rings. The van der Waals surface area contributed by atoms with Crippen LogP contribution in [0.4, 0.5) is 34.1 Å². The van der Waals surface area contributed by atoms with Crippen LogP contribution < -0.4 is 9.80 Å². The zero-order valence-electron chi connectivity index (χ0n) is 39.1. The Morgan fingerprint density at radius 1 is 0.333 bits per heavy atom. The first-order valence-corrected chi connectivity index (χ1v) is 25.1. The lowest BCUT2D eigenvalue weighted by molar-refractivity contribution is 0.643. The van der Waals surface area contributed by atoms with E-state index in [0.717, 1.165) is 111 Å². The second-order valence-electron chi connectivity index (χ2n) is 19.7. The lowest BCUT2D eigenvalue weighted by atomic mass is 9.95. The normalized spacial score (nSPS) is 14.8. The van der Waals surface area contributed by atoms with Gasteiger partial charge in [0.1, 0.15) is 16.7 Å². The molecule has 0 amide bonds. The molecule has 2 saturated carbocycles. The molecular formula is C64H52N2O3. The highest BCUT2D eigenvalue weighted by molar-refractivity contribution is 6.29. The summed E-state index contributed by atoms with van der Waals surface area (Å²) in [7, 11) is 0. The second-order valence-corrected chi connectivity index (χ2v) is 19.7. The second kappa shape index (κ2) is 15.9. The van der Waals surface area contributed by atoms with E-state index in [2.05, 4.69) is 194 Å². The maximum atomic E-state index is 7.39. The van der Waals surface area contributed by atoms with Crippen molar-refractivity contribution in [3.63, 3.8) is 0 Å². The smallest absolute Gasteiger partial charge is 0.162 e. The third kappa shape index (κ3) is 6.15. The van der Waals surface area contributed by atoms with Gasteiger partial charge in [-0.05, 0) is 104 Å². The van der Waals surface area contributed by atoms with Gasteiger partial charge in [-0.15, -0.1) is 0 Å². The van der Waals surface area contributed by atoms with E-state index in [-0.39, 0.29) is 0 Å². The van der Waals surface area contributed by atoms with Crippen LogP contribution in [-0.4, -0.2) is 0 Å². The molecule has 9 aromatic carbocycles. The Morgan fingerprint density at radius 2 is 0.725 bits per heavy atom. The summed E-state index contributed by atoms with van der Waals surface area (Å²) in [6.45, 7) is 4.42. The largest absolute Gasteiger partial charge is 0.454 e. The molecule has 0 bridgehead atoms. The minimum absolute atomic E-state index is 0.507. The third-order valence-corrected chi connectivity index (χ3v) is 15.8.